The van der Waals surface area contributed by atoms with Gasteiger partial charge in [0, 0.05) is 16.3 Å². The molecule has 14 heavy (non-hydrogen) atoms. The molecular formula is C12H17IO. The number of alkyl halides is 1. The van der Waals surface area contributed by atoms with E-state index in [1.807, 2.05) is 0 Å². The van der Waals surface area contributed by atoms with E-state index in [4.69, 9.17) is 0 Å². The van der Waals surface area contributed by atoms with Crippen LogP contribution >= 0.6 is 22.6 Å². The number of carbonyl (C=O) groups excluding carboxylic acids is 1. The number of halogens is 1. The number of hydrogen-bond donors (Lipinski definition) is 0. The van der Waals surface area contributed by atoms with Crippen LogP contribution in [0.5, 0.6) is 0 Å². The molecule has 78 valence electrons. The topological polar surface area (TPSA) is 17.1 Å². The first-order valence-corrected chi connectivity index (χ1v) is 7.35. The summed E-state index contributed by atoms with van der Waals surface area (Å²) in [5, 5.41) is 0. The van der Waals surface area contributed by atoms with Crippen LogP contribution in [0.4, 0.5) is 0 Å². The third-order valence-electron chi connectivity index (χ3n) is 4.75. The van der Waals surface area contributed by atoms with Crippen LogP contribution in [0, 0.1) is 23.2 Å². The van der Waals surface area contributed by atoms with Crippen molar-refractivity contribution in [3.63, 3.8) is 0 Å². The van der Waals surface area contributed by atoms with Gasteiger partial charge in [-0.05, 0) is 49.9 Å². The number of hydrogen-bond acceptors (Lipinski definition) is 1. The average molecular weight is 304 g/mol. The molecule has 4 rings (SSSR count). The maximum absolute atomic E-state index is 11.9. The predicted molar refractivity (Wildman–Crippen MR) is 64.5 cm³/mol. The summed E-state index contributed by atoms with van der Waals surface area (Å²) in [6.45, 7) is 0. The second-order valence-electron chi connectivity index (χ2n) is 5.69. The second-order valence-corrected chi connectivity index (χ2v) is 6.76. The van der Waals surface area contributed by atoms with Gasteiger partial charge in [-0.2, -0.15) is 0 Å². The van der Waals surface area contributed by atoms with E-state index in [1.54, 1.807) is 0 Å². The van der Waals surface area contributed by atoms with Crippen molar-refractivity contribution in [3.05, 3.63) is 0 Å². The molecule has 0 heterocycles. The molecule has 0 N–H and O–H groups in total. The molecule has 4 aliphatic rings. The molecule has 0 aromatic rings. The van der Waals surface area contributed by atoms with Gasteiger partial charge in [-0.25, -0.2) is 0 Å². The lowest BCUT2D eigenvalue weighted by molar-refractivity contribution is -0.147. The van der Waals surface area contributed by atoms with Crippen LogP contribution in [0.1, 0.15) is 38.5 Å². The second kappa shape index (κ2) is 3.19. The Bertz CT molecular complexity index is 255. The third kappa shape index (κ3) is 1.29. The summed E-state index contributed by atoms with van der Waals surface area (Å²) in [4.78, 5) is 11.9. The smallest absolute Gasteiger partial charge is 0.139 e. The summed E-state index contributed by atoms with van der Waals surface area (Å²) in [7, 11) is 0. The number of Topliss-reactive ketones (excluding diaryl/α,β-unsaturated/α-hetero) is 1. The maximum Gasteiger partial charge on any atom is 0.139 e. The maximum atomic E-state index is 11.9. The molecule has 0 radical (unpaired) electrons. The van der Waals surface area contributed by atoms with Crippen molar-refractivity contribution < 1.29 is 4.79 Å². The Morgan fingerprint density at radius 2 is 1.86 bits per heavy atom. The Balaban J connectivity index is 1.88. The summed E-state index contributed by atoms with van der Waals surface area (Å²) in [6.07, 6.45) is 7.75. The van der Waals surface area contributed by atoms with Crippen LogP contribution in [0.2, 0.25) is 0 Å². The zero-order valence-electron chi connectivity index (χ0n) is 8.47. The largest absolute Gasteiger partial charge is 0.299 e. The molecule has 0 saturated heterocycles. The van der Waals surface area contributed by atoms with E-state index in [0.717, 1.165) is 5.92 Å². The fraction of sp³-hybridized carbons (Fsp3) is 0.917. The highest BCUT2D eigenvalue weighted by atomic mass is 127. The van der Waals surface area contributed by atoms with Crippen LogP contribution in [0.25, 0.3) is 0 Å². The van der Waals surface area contributed by atoms with Crippen molar-refractivity contribution >= 4 is 28.4 Å². The van der Waals surface area contributed by atoms with Gasteiger partial charge in [0.2, 0.25) is 0 Å². The standard InChI is InChI=1S/C12H17IO/c13-2-1-12-5-8-3-9(6-12)11(14)10(4-8)7-12/h8-10H,1-7H2. The lowest BCUT2D eigenvalue weighted by atomic mass is 9.48. The fourth-order valence-corrected chi connectivity index (χ4v) is 5.56. The van der Waals surface area contributed by atoms with E-state index in [-0.39, 0.29) is 0 Å². The van der Waals surface area contributed by atoms with E-state index in [9.17, 15) is 4.79 Å². The number of ketones is 1. The summed E-state index contributed by atoms with van der Waals surface area (Å²) < 4.78 is 1.28. The van der Waals surface area contributed by atoms with Crippen LogP contribution in [-0.2, 0) is 4.79 Å². The lowest BCUT2D eigenvalue weighted by Crippen LogP contribution is -2.51. The first-order chi connectivity index (χ1) is 6.72. The van der Waals surface area contributed by atoms with E-state index in [0.29, 0.717) is 23.0 Å². The number of carbonyl (C=O) groups is 1. The normalized spacial score (nSPS) is 50.1. The molecule has 0 aromatic carbocycles. The quantitative estimate of drug-likeness (QED) is 0.565. The zero-order valence-corrected chi connectivity index (χ0v) is 10.6. The summed E-state index contributed by atoms with van der Waals surface area (Å²) >= 11 is 2.50. The van der Waals surface area contributed by atoms with Crippen LogP contribution in [-0.4, -0.2) is 10.2 Å². The summed E-state index contributed by atoms with van der Waals surface area (Å²) in [5.74, 6) is 2.49. The van der Waals surface area contributed by atoms with Gasteiger partial charge in [0.15, 0.2) is 0 Å². The van der Waals surface area contributed by atoms with Crippen molar-refractivity contribution in [1.82, 2.24) is 0 Å². The van der Waals surface area contributed by atoms with Gasteiger partial charge >= 0.3 is 0 Å². The van der Waals surface area contributed by atoms with Crippen molar-refractivity contribution in [2.75, 3.05) is 4.43 Å². The minimum atomic E-state index is 0.476. The van der Waals surface area contributed by atoms with Gasteiger partial charge in [0.05, 0.1) is 0 Å². The molecule has 4 aliphatic carbocycles. The molecule has 0 amide bonds. The summed E-state index contributed by atoms with van der Waals surface area (Å²) in [6, 6.07) is 0. The lowest BCUT2D eigenvalue weighted by Gasteiger charge is -2.55. The van der Waals surface area contributed by atoms with Crippen molar-refractivity contribution in [2.45, 2.75) is 38.5 Å². The highest BCUT2D eigenvalue weighted by molar-refractivity contribution is 14.1. The zero-order chi connectivity index (χ0) is 9.76. The molecular weight excluding hydrogens is 287 g/mol. The average Bonchev–Trinajstić information content (AvgIpc) is 2.12. The number of rotatable bonds is 2. The van der Waals surface area contributed by atoms with Gasteiger partial charge in [0.1, 0.15) is 5.78 Å². The molecule has 2 unspecified atom stereocenters. The van der Waals surface area contributed by atoms with Crippen molar-refractivity contribution in [3.8, 4) is 0 Å². The molecule has 2 heteroatoms. The SMILES string of the molecule is O=C1C2CC3CC1CC(CCI)(C3)C2. The van der Waals surface area contributed by atoms with Gasteiger partial charge < -0.3 is 0 Å². The minimum absolute atomic E-state index is 0.476. The molecule has 1 nitrogen and oxygen atoms in total. The molecule has 4 saturated carbocycles. The molecule has 4 bridgehead atoms. The first kappa shape index (κ1) is 9.61. The molecule has 0 aliphatic heterocycles. The predicted octanol–water partition coefficient (Wildman–Crippen LogP) is 3.21. The Morgan fingerprint density at radius 3 is 2.43 bits per heavy atom. The highest BCUT2D eigenvalue weighted by Gasteiger charge is 2.54. The van der Waals surface area contributed by atoms with Crippen molar-refractivity contribution in [2.24, 2.45) is 23.2 Å². The molecule has 0 aromatic heterocycles. The van der Waals surface area contributed by atoms with Crippen molar-refractivity contribution in [1.29, 1.82) is 0 Å². The van der Waals surface area contributed by atoms with Crippen LogP contribution in [0.15, 0.2) is 0 Å². The third-order valence-corrected chi connectivity index (χ3v) is 5.29. The van der Waals surface area contributed by atoms with Gasteiger partial charge in [-0.3, -0.25) is 4.79 Å². The van der Waals surface area contributed by atoms with E-state index < -0.39 is 0 Å². The van der Waals surface area contributed by atoms with Crippen LogP contribution in [0.3, 0.4) is 0 Å². The Morgan fingerprint density at radius 1 is 1.21 bits per heavy atom. The molecule has 2 atom stereocenters. The Hall–Kier alpha value is 0.400. The van der Waals surface area contributed by atoms with Gasteiger partial charge in [-0.15, -0.1) is 0 Å². The first-order valence-electron chi connectivity index (χ1n) is 5.82. The van der Waals surface area contributed by atoms with Crippen LogP contribution < -0.4 is 0 Å². The van der Waals surface area contributed by atoms with E-state index in [2.05, 4.69) is 22.6 Å². The fourth-order valence-electron chi connectivity index (χ4n) is 4.42. The molecule has 0 spiro atoms. The summed E-state index contributed by atoms with van der Waals surface area (Å²) in [5.41, 5.74) is 0.603. The Kier molecular flexibility index (Phi) is 2.19. The van der Waals surface area contributed by atoms with E-state index in [1.165, 1.54) is 43.0 Å². The van der Waals surface area contributed by atoms with E-state index >= 15 is 0 Å². The molecule has 4 fully saturated rings. The Labute approximate surface area is 99.2 Å². The van der Waals surface area contributed by atoms with Gasteiger partial charge in [-0.1, -0.05) is 22.6 Å². The monoisotopic (exact) mass is 304 g/mol. The van der Waals surface area contributed by atoms with Gasteiger partial charge in [0.25, 0.3) is 0 Å². The highest BCUT2D eigenvalue weighted by Crippen LogP contribution is 2.60. The minimum Gasteiger partial charge on any atom is -0.299 e.